The van der Waals surface area contributed by atoms with Crippen molar-refractivity contribution in [3.63, 3.8) is 0 Å². The van der Waals surface area contributed by atoms with Crippen molar-refractivity contribution < 1.29 is 9.59 Å². The maximum Gasteiger partial charge on any atom is 0.321 e. The van der Waals surface area contributed by atoms with Crippen LogP contribution in [0.25, 0.3) is 0 Å². The van der Waals surface area contributed by atoms with E-state index in [1.54, 1.807) is 0 Å². The van der Waals surface area contributed by atoms with Crippen LogP contribution >= 0.6 is 15.9 Å². The third kappa shape index (κ3) is 5.41. The minimum absolute atomic E-state index is 0.0197. The van der Waals surface area contributed by atoms with E-state index in [-0.39, 0.29) is 11.9 Å². The number of halogens is 1. The summed E-state index contributed by atoms with van der Waals surface area (Å²) in [6.07, 6.45) is 0.804. The SMILES string of the molecule is CC[C@@H](N[C@H](C(=O)NC(=O)NC)c1ccccc1)c1ccc(Br)cc1. The molecule has 5 nitrogen and oxygen atoms in total. The molecule has 0 fully saturated rings. The standard InChI is InChI=1S/C19H22BrN3O2/c1-3-16(13-9-11-15(20)12-10-13)22-17(14-7-5-4-6-8-14)18(24)23-19(25)21-2/h4-12,16-17,22H,3H2,1-2H3,(H2,21,23,24,25)/t16-,17+/m1/s1. The molecule has 3 N–H and O–H groups in total. The van der Waals surface area contributed by atoms with Gasteiger partial charge in [-0.1, -0.05) is 65.3 Å². The highest BCUT2D eigenvalue weighted by molar-refractivity contribution is 9.10. The largest absolute Gasteiger partial charge is 0.341 e. The van der Waals surface area contributed by atoms with Gasteiger partial charge in [-0.3, -0.25) is 15.4 Å². The summed E-state index contributed by atoms with van der Waals surface area (Å²) in [6.45, 7) is 2.05. The molecule has 6 heteroatoms. The highest BCUT2D eigenvalue weighted by atomic mass is 79.9. The fourth-order valence-electron chi connectivity index (χ4n) is 2.56. The molecule has 0 aliphatic heterocycles. The molecule has 0 aliphatic carbocycles. The molecule has 0 saturated carbocycles. The molecule has 2 aromatic rings. The van der Waals surface area contributed by atoms with Crippen LogP contribution in [0.3, 0.4) is 0 Å². The minimum Gasteiger partial charge on any atom is -0.341 e. The summed E-state index contributed by atoms with van der Waals surface area (Å²) >= 11 is 3.43. The van der Waals surface area contributed by atoms with E-state index in [2.05, 4.69) is 38.8 Å². The molecular formula is C19H22BrN3O2. The second-order valence-electron chi connectivity index (χ2n) is 5.59. The first-order valence-corrected chi connectivity index (χ1v) is 8.93. The number of rotatable bonds is 6. The average molecular weight is 404 g/mol. The Kier molecular flexibility index (Phi) is 7.16. The van der Waals surface area contributed by atoms with Gasteiger partial charge >= 0.3 is 6.03 Å². The number of amides is 3. The fourth-order valence-corrected chi connectivity index (χ4v) is 2.83. The van der Waals surface area contributed by atoms with E-state index >= 15 is 0 Å². The fraction of sp³-hybridized carbons (Fsp3) is 0.263. The van der Waals surface area contributed by atoms with Crippen molar-refractivity contribution in [1.82, 2.24) is 16.0 Å². The molecule has 3 amide bonds. The second-order valence-corrected chi connectivity index (χ2v) is 6.51. The Morgan fingerprint density at radius 2 is 1.64 bits per heavy atom. The highest BCUT2D eigenvalue weighted by Crippen LogP contribution is 2.24. The number of hydrogen-bond acceptors (Lipinski definition) is 3. The molecule has 0 radical (unpaired) electrons. The van der Waals surface area contributed by atoms with E-state index in [4.69, 9.17) is 0 Å². The zero-order valence-corrected chi connectivity index (χ0v) is 15.8. The van der Waals surface area contributed by atoms with Crippen LogP contribution in [0.2, 0.25) is 0 Å². The Morgan fingerprint density at radius 1 is 1.00 bits per heavy atom. The highest BCUT2D eigenvalue weighted by Gasteiger charge is 2.25. The number of imide groups is 1. The Hall–Kier alpha value is -2.18. The van der Waals surface area contributed by atoms with Crippen molar-refractivity contribution in [3.8, 4) is 0 Å². The molecule has 2 aromatic carbocycles. The first-order chi connectivity index (χ1) is 12.0. The number of urea groups is 1. The monoisotopic (exact) mass is 403 g/mol. The van der Waals surface area contributed by atoms with E-state index in [0.29, 0.717) is 0 Å². The van der Waals surface area contributed by atoms with Gasteiger partial charge in [-0.15, -0.1) is 0 Å². The lowest BCUT2D eigenvalue weighted by Gasteiger charge is -2.25. The number of hydrogen-bond donors (Lipinski definition) is 3. The van der Waals surface area contributed by atoms with Gasteiger partial charge in [0.15, 0.2) is 0 Å². The van der Waals surface area contributed by atoms with E-state index < -0.39 is 12.1 Å². The lowest BCUT2D eigenvalue weighted by molar-refractivity contribution is -0.122. The van der Waals surface area contributed by atoms with Gasteiger partial charge in [-0.2, -0.15) is 0 Å². The van der Waals surface area contributed by atoms with Gasteiger partial charge in [0.1, 0.15) is 6.04 Å². The summed E-state index contributed by atoms with van der Waals surface area (Å²) < 4.78 is 1.00. The lowest BCUT2D eigenvalue weighted by atomic mass is 10.00. The van der Waals surface area contributed by atoms with Crippen molar-refractivity contribution in [3.05, 3.63) is 70.2 Å². The van der Waals surface area contributed by atoms with Crippen LogP contribution in [-0.4, -0.2) is 19.0 Å². The van der Waals surface area contributed by atoms with Crippen molar-refractivity contribution >= 4 is 27.9 Å². The Morgan fingerprint density at radius 3 is 2.20 bits per heavy atom. The van der Waals surface area contributed by atoms with Gasteiger partial charge in [-0.05, 0) is 29.7 Å². The van der Waals surface area contributed by atoms with Crippen LogP contribution < -0.4 is 16.0 Å². The van der Waals surface area contributed by atoms with Gasteiger partial charge in [0, 0.05) is 17.6 Å². The third-order valence-corrected chi connectivity index (χ3v) is 4.44. The predicted octanol–water partition coefficient (Wildman–Crippen LogP) is 3.69. The molecule has 25 heavy (non-hydrogen) atoms. The zero-order chi connectivity index (χ0) is 18.2. The maximum absolute atomic E-state index is 12.6. The molecule has 2 atom stereocenters. The van der Waals surface area contributed by atoms with Crippen molar-refractivity contribution in [2.75, 3.05) is 7.05 Å². The van der Waals surface area contributed by atoms with Gasteiger partial charge in [0.05, 0.1) is 0 Å². The van der Waals surface area contributed by atoms with E-state index in [0.717, 1.165) is 22.0 Å². The summed E-state index contributed by atoms with van der Waals surface area (Å²) in [7, 11) is 1.48. The number of benzene rings is 2. The summed E-state index contributed by atoms with van der Waals surface area (Å²) in [5.74, 6) is -0.388. The van der Waals surface area contributed by atoms with E-state index in [9.17, 15) is 9.59 Å². The molecule has 0 saturated heterocycles. The average Bonchev–Trinajstić information content (AvgIpc) is 2.64. The molecule has 0 aromatic heterocycles. The van der Waals surface area contributed by atoms with Gasteiger partial charge in [0.2, 0.25) is 5.91 Å². The van der Waals surface area contributed by atoms with Crippen molar-refractivity contribution in [2.45, 2.75) is 25.4 Å². The predicted molar refractivity (Wildman–Crippen MR) is 102 cm³/mol. The molecule has 0 aliphatic rings. The normalized spacial score (nSPS) is 12.9. The molecular weight excluding hydrogens is 382 g/mol. The smallest absolute Gasteiger partial charge is 0.321 e. The van der Waals surface area contributed by atoms with Crippen LogP contribution in [0.5, 0.6) is 0 Å². The van der Waals surface area contributed by atoms with Crippen LogP contribution in [-0.2, 0) is 4.79 Å². The first kappa shape index (κ1) is 19.1. The number of nitrogens with one attached hydrogen (secondary N) is 3. The molecule has 2 rings (SSSR count). The Bertz CT molecular complexity index is 704. The molecule has 0 unspecified atom stereocenters. The molecule has 0 spiro atoms. The quantitative estimate of drug-likeness (QED) is 0.688. The van der Waals surface area contributed by atoms with Crippen LogP contribution in [0.1, 0.15) is 36.6 Å². The van der Waals surface area contributed by atoms with E-state index in [1.807, 2.05) is 54.6 Å². The molecule has 132 valence electrons. The zero-order valence-electron chi connectivity index (χ0n) is 14.3. The van der Waals surface area contributed by atoms with Crippen LogP contribution in [0.15, 0.2) is 59.1 Å². The summed E-state index contributed by atoms with van der Waals surface area (Å²) in [4.78, 5) is 24.2. The van der Waals surface area contributed by atoms with Crippen LogP contribution in [0.4, 0.5) is 4.79 Å². The van der Waals surface area contributed by atoms with Crippen LogP contribution in [0, 0.1) is 0 Å². The second kappa shape index (κ2) is 9.34. The van der Waals surface area contributed by atoms with Gasteiger partial charge in [0.25, 0.3) is 0 Å². The van der Waals surface area contributed by atoms with E-state index in [1.165, 1.54) is 7.05 Å². The minimum atomic E-state index is -0.632. The number of carbonyl (C=O) groups is 2. The summed E-state index contributed by atoms with van der Waals surface area (Å²) in [6, 6.07) is 16.2. The van der Waals surface area contributed by atoms with Crippen molar-refractivity contribution in [1.29, 1.82) is 0 Å². The van der Waals surface area contributed by atoms with Gasteiger partial charge < -0.3 is 5.32 Å². The topological polar surface area (TPSA) is 70.2 Å². The van der Waals surface area contributed by atoms with Gasteiger partial charge in [-0.25, -0.2) is 4.79 Å². The molecule has 0 heterocycles. The third-order valence-electron chi connectivity index (χ3n) is 3.91. The Balaban J connectivity index is 2.26. The first-order valence-electron chi connectivity index (χ1n) is 8.14. The maximum atomic E-state index is 12.6. The lowest BCUT2D eigenvalue weighted by Crippen LogP contribution is -2.44. The summed E-state index contributed by atoms with van der Waals surface area (Å²) in [5, 5.41) is 8.14. The number of carbonyl (C=O) groups excluding carboxylic acids is 2. The molecule has 0 bridgehead atoms. The van der Waals surface area contributed by atoms with Crippen molar-refractivity contribution in [2.24, 2.45) is 0 Å². The Labute approximate surface area is 156 Å². The summed E-state index contributed by atoms with van der Waals surface area (Å²) in [5.41, 5.74) is 1.89.